The molecule has 0 aliphatic carbocycles. The van der Waals surface area contributed by atoms with E-state index in [1.54, 1.807) is 21.3 Å². The second kappa shape index (κ2) is 12.2. The summed E-state index contributed by atoms with van der Waals surface area (Å²) < 4.78 is 10.7. The number of guanidine groups is 1. The van der Waals surface area contributed by atoms with Gasteiger partial charge >= 0.3 is 0 Å². The Balaban J connectivity index is 0.00000576. The number of benzene rings is 1. The standard InChI is InChI=1S/C18H32N4O2.HI/c1-8-13(2)21-18(19-3)20-12-15(22(4)5)14-9-10-16(23-6)17(11-14)24-7;/h9-11,13,15H,8,12H2,1-7H3,(H2,19,20,21);1H. The largest absolute Gasteiger partial charge is 0.493 e. The predicted octanol–water partition coefficient (Wildman–Crippen LogP) is 2.89. The van der Waals surface area contributed by atoms with Crippen molar-refractivity contribution in [2.45, 2.75) is 32.4 Å². The summed E-state index contributed by atoms with van der Waals surface area (Å²) >= 11 is 0. The molecular weight excluding hydrogens is 431 g/mol. The van der Waals surface area contributed by atoms with Gasteiger partial charge < -0.3 is 25.0 Å². The summed E-state index contributed by atoms with van der Waals surface area (Å²) in [6.07, 6.45) is 1.05. The van der Waals surface area contributed by atoms with Crippen LogP contribution in [0, 0.1) is 0 Å². The Labute approximate surface area is 169 Å². The summed E-state index contributed by atoms with van der Waals surface area (Å²) in [6, 6.07) is 6.60. The second-order valence-corrected chi connectivity index (χ2v) is 6.00. The van der Waals surface area contributed by atoms with Crippen molar-refractivity contribution in [2.75, 3.05) is 41.9 Å². The fourth-order valence-corrected chi connectivity index (χ4v) is 2.38. The van der Waals surface area contributed by atoms with Crippen LogP contribution in [0.5, 0.6) is 11.5 Å². The quantitative estimate of drug-likeness (QED) is 0.352. The topological polar surface area (TPSA) is 58.1 Å². The third kappa shape index (κ3) is 7.27. The van der Waals surface area contributed by atoms with Crippen LogP contribution in [-0.2, 0) is 0 Å². The van der Waals surface area contributed by atoms with Gasteiger partial charge in [0.15, 0.2) is 17.5 Å². The molecule has 0 amide bonds. The van der Waals surface area contributed by atoms with Crippen molar-refractivity contribution in [2.24, 2.45) is 4.99 Å². The van der Waals surface area contributed by atoms with Gasteiger partial charge in [-0.1, -0.05) is 13.0 Å². The lowest BCUT2D eigenvalue weighted by molar-refractivity contribution is 0.295. The summed E-state index contributed by atoms with van der Waals surface area (Å²) in [4.78, 5) is 6.46. The minimum absolute atomic E-state index is 0. The summed E-state index contributed by atoms with van der Waals surface area (Å²) in [6.45, 7) is 5.03. The first-order chi connectivity index (χ1) is 11.5. The van der Waals surface area contributed by atoms with Crippen LogP contribution in [0.2, 0.25) is 0 Å². The van der Waals surface area contributed by atoms with Gasteiger partial charge in [0, 0.05) is 19.6 Å². The molecule has 1 aromatic carbocycles. The van der Waals surface area contributed by atoms with Crippen molar-refractivity contribution in [1.29, 1.82) is 0 Å². The van der Waals surface area contributed by atoms with E-state index in [0.717, 1.165) is 36.0 Å². The monoisotopic (exact) mass is 464 g/mol. The molecule has 7 heteroatoms. The van der Waals surface area contributed by atoms with Crippen LogP contribution < -0.4 is 20.1 Å². The molecule has 0 bridgehead atoms. The van der Waals surface area contributed by atoms with Crippen LogP contribution in [-0.4, -0.2) is 58.8 Å². The Kier molecular flexibility index (Phi) is 11.6. The minimum atomic E-state index is 0. The number of nitrogens with zero attached hydrogens (tertiary/aromatic N) is 2. The van der Waals surface area contributed by atoms with Crippen LogP contribution in [0.15, 0.2) is 23.2 Å². The normalized spacial score (nSPS) is 13.7. The van der Waals surface area contributed by atoms with Crippen molar-refractivity contribution in [3.05, 3.63) is 23.8 Å². The second-order valence-electron chi connectivity index (χ2n) is 6.00. The first-order valence-electron chi connectivity index (χ1n) is 8.32. The zero-order chi connectivity index (χ0) is 18.1. The molecule has 2 N–H and O–H groups in total. The number of rotatable bonds is 8. The molecule has 0 spiro atoms. The minimum Gasteiger partial charge on any atom is -0.493 e. The molecule has 6 nitrogen and oxygen atoms in total. The molecule has 2 unspecified atom stereocenters. The molecule has 25 heavy (non-hydrogen) atoms. The molecule has 0 aliphatic heterocycles. The number of hydrogen-bond donors (Lipinski definition) is 2. The zero-order valence-corrected chi connectivity index (χ0v) is 18.8. The lowest BCUT2D eigenvalue weighted by Gasteiger charge is -2.27. The fourth-order valence-electron chi connectivity index (χ4n) is 2.38. The number of ether oxygens (including phenoxy) is 2. The van der Waals surface area contributed by atoms with E-state index in [-0.39, 0.29) is 30.0 Å². The van der Waals surface area contributed by atoms with Gasteiger partial charge in [0.25, 0.3) is 0 Å². The van der Waals surface area contributed by atoms with Gasteiger partial charge in [-0.3, -0.25) is 4.99 Å². The molecule has 0 heterocycles. The Hall–Kier alpha value is -1.22. The van der Waals surface area contributed by atoms with Crippen LogP contribution in [0.25, 0.3) is 0 Å². The summed E-state index contributed by atoms with van der Waals surface area (Å²) in [5.74, 6) is 2.29. The molecule has 0 aromatic heterocycles. The average Bonchev–Trinajstić information content (AvgIpc) is 2.59. The highest BCUT2D eigenvalue weighted by Crippen LogP contribution is 2.31. The first kappa shape index (κ1) is 23.8. The number of methoxy groups -OCH3 is 2. The molecule has 0 saturated heterocycles. The lowest BCUT2D eigenvalue weighted by atomic mass is 10.1. The number of halogens is 1. The van der Waals surface area contributed by atoms with E-state index < -0.39 is 0 Å². The lowest BCUT2D eigenvalue weighted by Crippen LogP contribution is -2.44. The van der Waals surface area contributed by atoms with E-state index in [4.69, 9.17) is 9.47 Å². The molecule has 0 radical (unpaired) electrons. The Morgan fingerprint density at radius 2 is 1.84 bits per heavy atom. The Morgan fingerprint density at radius 3 is 2.32 bits per heavy atom. The maximum atomic E-state index is 5.42. The van der Waals surface area contributed by atoms with E-state index in [9.17, 15) is 0 Å². The number of likely N-dealkylation sites (N-methyl/N-ethyl adjacent to an activating group) is 1. The smallest absolute Gasteiger partial charge is 0.191 e. The van der Waals surface area contributed by atoms with Gasteiger partial charge in [-0.15, -0.1) is 24.0 Å². The number of hydrogen-bond acceptors (Lipinski definition) is 4. The van der Waals surface area contributed by atoms with Crippen molar-refractivity contribution >= 4 is 29.9 Å². The van der Waals surface area contributed by atoms with Gasteiger partial charge in [0.05, 0.1) is 20.3 Å². The van der Waals surface area contributed by atoms with Crippen LogP contribution in [0.1, 0.15) is 31.9 Å². The van der Waals surface area contributed by atoms with Crippen LogP contribution >= 0.6 is 24.0 Å². The molecule has 144 valence electrons. The molecule has 0 aliphatic rings. The van der Waals surface area contributed by atoms with Gasteiger partial charge in [0.2, 0.25) is 0 Å². The highest BCUT2D eigenvalue weighted by atomic mass is 127. The van der Waals surface area contributed by atoms with Gasteiger partial charge in [0.1, 0.15) is 0 Å². The molecule has 0 fully saturated rings. The van der Waals surface area contributed by atoms with Crippen molar-refractivity contribution in [1.82, 2.24) is 15.5 Å². The van der Waals surface area contributed by atoms with E-state index >= 15 is 0 Å². The summed E-state index contributed by atoms with van der Waals surface area (Å²) in [7, 11) is 9.22. The maximum Gasteiger partial charge on any atom is 0.191 e. The van der Waals surface area contributed by atoms with E-state index in [1.807, 2.05) is 12.1 Å². The average molecular weight is 464 g/mol. The van der Waals surface area contributed by atoms with Crippen molar-refractivity contribution in [3.8, 4) is 11.5 Å². The van der Waals surface area contributed by atoms with E-state index in [1.165, 1.54) is 0 Å². The van der Waals surface area contributed by atoms with Gasteiger partial charge in [-0.2, -0.15) is 0 Å². The number of aliphatic imine (C=N–C) groups is 1. The predicted molar refractivity (Wildman–Crippen MR) is 116 cm³/mol. The van der Waals surface area contributed by atoms with Crippen LogP contribution in [0.3, 0.4) is 0 Å². The number of nitrogens with one attached hydrogen (secondary N) is 2. The van der Waals surface area contributed by atoms with Gasteiger partial charge in [-0.05, 0) is 45.1 Å². The Morgan fingerprint density at radius 1 is 1.20 bits per heavy atom. The van der Waals surface area contributed by atoms with Crippen LogP contribution in [0.4, 0.5) is 0 Å². The van der Waals surface area contributed by atoms with Crippen molar-refractivity contribution < 1.29 is 9.47 Å². The zero-order valence-electron chi connectivity index (χ0n) is 16.4. The summed E-state index contributed by atoms with van der Waals surface area (Å²) in [5, 5.41) is 6.78. The molecule has 1 aromatic rings. The highest BCUT2D eigenvalue weighted by Gasteiger charge is 2.17. The molecule has 2 atom stereocenters. The fraction of sp³-hybridized carbons (Fsp3) is 0.611. The SMILES string of the molecule is CCC(C)NC(=NC)NCC(c1ccc(OC)c(OC)c1)N(C)C.I. The van der Waals surface area contributed by atoms with E-state index in [2.05, 4.69) is 54.5 Å². The molecular formula is C18H33IN4O2. The summed E-state index contributed by atoms with van der Waals surface area (Å²) in [5.41, 5.74) is 1.16. The third-order valence-electron chi connectivity index (χ3n) is 4.10. The Bertz CT molecular complexity index is 538. The maximum absolute atomic E-state index is 5.42. The highest BCUT2D eigenvalue weighted by molar-refractivity contribution is 14.0. The van der Waals surface area contributed by atoms with Gasteiger partial charge in [-0.25, -0.2) is 0 Å². The van der Waals surface area contributed by atoms with E-state index in [0.29, 0.717) is 6.04 Å². The third-order valence-corrected chi connectivity index (χ3v) is 4.10. The first-order valence-corrected chi connectivity index (χ1v) is 8.32. The van der Waals surface area contributed by atoms with Crippen molar-refractivity contribution in [3.63, 3.8) is 0 Å². The molecule has 0 saturated carbocycles. The molecule has 1 rings (SSSR count).